The molecule has 1 saturated heterocycles. The molecule has 0 aromatic heterocycles. The van der Waals surface area contributed by atoms with E-state index in [9.17, 15) is 4.79 Å². The molecule has 0 spiro atoms. The molecule has 1 aliphatic heterocycles. The van der Waals surface area contributed by atoms with Gasteiger partial charge >= 0.3 is 0 Å². The minimum absolute atomic E-state index is 0.0970. The molecule has 1 aliphatic carbocycles. The van der Waals surface area contributed by atoms with Gasteiger partial charge in [-0.3, -0.25) is 4.79 Å². The van der Waals surface area contributed by atoms with Crippen molar-refractivity contribution < 1.29 is 9.53 Å². The summed E-state index contributed by atoms with van der Waals surface area (Å²) in [6, 6.07) is 14.4. The zero-order valence-corrected chi connectivity index (χ0v) is 13.1. The number of nitrogens with two attached hydrogens (primary N) is 1. The SMILES string of the molecule is COc1ccc2c(c1)[C@H](c1ccc(N)cc1)[C@@H]1CCC(=O)N[C@H]21. The van der Waals surface area contributed by atoms with Crippen molar-refractivity contribution in [3.8, 4) is 5.75 Å². The second kappa shape index (κ2) is 5.30. The zero-order valence-electron chi connectivity index (χ0n) is 13.1. The summed E-state index contributed by atoms with van der Waals surface area (Å²) in [7, 11) is 1.68. The van der Waals surface area contributed by atoms with Crippen LogP contribution in [0.1, 0.15) is 41.5 Å². The summed E-state index contributed by atoms with van der Waals surface area (Å²) in [5, 5.41) is 3.18. The maximum absolute atomic E-state index is 11.9. The van der Waals surface area contributed by atoms with Crippen molar-refractivity contribution in [3.63, 3.8) is 0 Å². The normalized spacial score (nSPS) is 25.4. The largest absolute Gasteiger partial charge is 0.497 e. The predicted octanol–water partition coefficient (Wildman–Crippen LogP) is 2.99. The summed E-state index contributed by atoms with van der Waals surface area (Å²) >= 11 is 0. The van der Waals surface area contributed by atoms with Crippen LogP contribution in [0.25, 0.3) is 0 Å². The number of nitrogen functional groups attached to an aromatic ring is 1. The molecular formula is C19H20N2O2. The highest BCUT2D eigenvalue weighted by Gasteiger charge is 2.44. The molecule has 1 amide bonds. The predicted molar refractivity (Wildman–Crippen MR) is 89.3 cm³/mol. The summed E-state index contributed by atoms with van der Waals surface area (Å²) in [6.07, 6.45) is 1.50. The lowest BCUT2D eigenvalue weighted by molar-refractivity contribution is -0.124. The molecule has 0 bridgehead atoms. The molecule has 2 aromatic carbocycles. The van der Waals surface area contributed by atoms with Gasteiger partial charge < -0.3 is 15.8 Å². The first kappa shape index (κ1) is 14.1. The lowest BCUT2D eigenvalue weighted by Gasteiger charge is -2.30. The van der Waals surface area contributed by atoms with E-state index in [2.05, 4.69) is 29.6 Å². The van der Waals surface area contributed by atoms with Crippen LogP contribution in [0.4, 0.5) is 5.69 Å². The number of nitrogens with one attached hydrogen (secondary N) is 1. The molecule has 0 radical (unpaired) electrons. The van der Waals surface area contributed by atoms with Gasteiger partial charge in [-0.05, 0) is 53.3 Å². The Morgan fingerprint density at radius 3 is 2.65 bits per heavy atom. The number of benzene rings is 2. The third-order valence-corrected chi connectivity index (χ3v) is 5.14. The Morgan fingerprint density at radius 2 is 1.91 bits per heavy atom. The first-order valence-corrected chi connectivity index (χ1v) is 8.00. The Labute approximate surface area is 135 Å². The number of hydrogen-bond donors (Lipinski definition) is 2. The maximum atomic E-state index is 11.9. The van der Waals surface area contributed by atoms with Crippen LogP contribution in [0, 0.1) is 5.92 Å². The monoisotopic (exact) mass is 308 g/mol. The first-order valence-electron chi connectivity index (χ1n) is 8.00. The van der Waals surface area contributed by atoms with Gasteiger partial charge in [-0.2, -0.15) is 0 Å². The van der Waals surface area contributed by atoms with Crippen molar-refractivity contribution in [1.29, 1.82) is 0 Å². The van der Waals surface area contributed by atoms with Crippen molar-refractivity contribution in [3.05, 3.63) is 59.2 Å². The quantitative estimate of drug-likeness (QED) is 0.838. The molecule has 118 valence electrons. The van der Waals surface area contributed by atoms with Crippen LogP contribution in [-0.2, 0) is 4.79 Å². The summed E-state index contributed by atoms with van der Waals surface area (Å²) < 4.78 is 5.41. The molecule has 3 atom stereocenters. The fourth-order valence-corrected chi connectivity index (χ4v) is 4.08. The van der Waals surface area contributed by atoms with E-state index >= 15 is 0 Å². The topological polar surface area (TPSA) is 64.3 Å². The number of fused-ring (bicyclic) bond motifs is 3. The summed E-state index contributed by atoms with van der Waals surface area (Å²) in [6.45, 7) is 0. The molecule has 3 N–H and O–H groups in total. The molecule has 4 heteroatoms. The first-order chi connectivity index (χ1) is 11.2. The smallest absolute Gasteiger partial charge is 0.220 e. The molecule has 4 rings (SSSR count). The van der Waals surface area contributed by atoms with E-state index in [-0.39, 0.29) is 17.9 Å². The number of ether oxygens (including phenoxy) is 1. The summed E-state index contributed by atoms with van der Waals surface area (Å²) in [4.78, 5) is 11.9. The van der Waals surface area contributed by atoms with Crippen LogP contribution in [0.2, 0.25) is 0 Å². The third-order valence-electron chi connectivity index (χ3n) is 5.14. The summed E-state index contributed by atoms with van der Waals surface area (Å²) in [5.41, 5.74) is 10.3. The van der Waals surface area contributed by atoms with Crippen LogP contribution in [0.5, 0.6) is 5.75 Å². The van der Waals surface area contributed by atoms with E-state index in [1.165, 1.54) is 16.7 Å². The van der Waals surface area contributed by atoms with Crippen LogP contribution >= 0.6 is 0 Å². The number of carbonyl (C=O) groups is 1. The number of hydrogen-bond acceptors (Lipinski definition) is 3. The maximum Gasteiger partial charge on any atom is 0.220 e. The van der Waals surface area contributed by atoms with E-state index in [1.807, 2.05) is 18.2 Å². The third kappa shape index (κ3) is 2.25. The van der Waals surface area contributed by atoms with Gasteiger partial charge in [0.05, 0.1) is 13.2 Å². The highest BCUT2D eigenvalue weighted by molar-refractivity contribution is 5.78. The van der Waals surface area contributed by atoms with Crippen LogP contribution < -0.4 is 15.8 Å². The second-order valence-electron chi connectivity index (χ2n) is 6.39. The van der Waals surface area contributed by atoms with Crippen molar-refractivity contribution in [2.24, 2.45) is 5.92 Å². The zero-order chi connectivity index (χ0) is 16.0. The van der Waals surface area contributed by atoms with Gasteiger partial charge in [0, 0.05) is 18.0 Å². The van der Waals surface area contributed by atoms with Gasteiger partial charge in [0.25, 0.3) is 0 Å². The van der Waals surface area contributed by atoms with E-state index < -0.39 is 0 Å². The number of amides is 1. The van der Waals surface area contributed by atoms with Crippen molar-refractivity contribution in [2.45, 2.75) is 24.8 Å². The minimum atomic E-state index is 0.0970. The summed E-state index contributed by atoms with van der Waals surface area (Å²) in [5.74, 6) is 1.66. The molecule has 2 aromatic rings. The highest BCUT2D eigenvalue weighted by atomic mass is 16.5. The standard InChI is InChI=1S/C19H20N2O2/c1-23-13-6-7-14-16(10-13)18(11-2-4-12(20)5-3-11)15-8-9-17(22)21-19(14)15/h2-7,10,15,18-19H,8-9,20H2,1H3,(H,21,22)/t15-,18+,19+/m0/s1. The number of methoxy groups -OCH3 is 1. The number of rotatable bonds is 2. The molecule has 0 unspecified atom stereocenters. The van der Waals surface area contributed by atoms with Gasteiger partial charge in [-0.25, -0.2) is 0 Å². The Hall–Kier alpha value is -2.49. The Balaban J connectivity index is 1.84. The fourth-order valence-electron chi connectivity index (χ4n) is 4.08. The Kier molecular flexibility index (Phi) is 3.26. The van der Waals surface area contributed by atoms with Gasteiger partial charge in [0.15, 0.2) is 0 Å². The molecule has 23 heavy (non-hydrogen) atoms. The molecule has 1 heterocycles. The lowest BCUT2D eigenvalue weighted by atomic mass is 9.80. The van der Waals surface area contributed by atoms with E-state index in [4.69, 9.17) is 10.5 Å². The highest BCUT2D eigenvalue weighted by Crippen LogP contribution is 2.52. The minimum Gasteiger partial charge on any atom is -0.497 e. The molecule has 2 aliphatic rings. The van der Waals surface area contributed by atoms with Crippen molar-refractivity contribution in [2.75, 3.05) is 12.8 Å². The Morgan fingerprint density at radius 1 is 1.13 bits per heavy atom. The number of anilines is 1. The average molecular weight is 308 g/mol. The van der Waals surface area contributed by atoms with E-state index in [1.54, 1.807) is 7.11 Å². The van der Waals surface area contributed by atoms with Gasteiger partial charge in [-0.15, -0.1) is 0 Å². The number of carbonyl (C=O) groups excluding carboxylic acids is 1. The van der Waals surface area contributed by atoms with Gasteiger partial charge in [0.2, 0.25) is 5.91 Å². The van der Waals surface area contributed by atoms with Gasteiger partial charge in [-0.1, -0.05) is 18.2 Å². The number of piperidine rings is 1. The van der Waals surface area contributed by atoms with Crippen molar-refractivity contribution in [1.82, 2.24) is 5.32 Å². The Bertz CT molecular complexity index is 754. The van der Waals surface area contributed by atoms with Crippen molar-refractivity contribution >= 4 is 11.6 Å². The van der Waals surface area contributed by atoms with Crippen LogP contribution in [0.3, 0.4) is 0 Å². The second-order valence-corrected chi connectivity index (χ2v) is 6.39. The molecular weight excluding hydrogens is 288 g/mol. The van der Waals surface area contributed by atoms with E-state index in [0.29, 0.717) is 12.3 Å². The fraction of sp³-hybridized carbons (Fsp3) is 0.316. The molecule has 4 nitrogen and oxygen atoms in total. The van der Waals surface area contributed by atoms with Gasteiger partial charge in [0.1, 0.15) is 5.75 Å². The molecule has 0 saturated carbocycles. The van der Waals surface area contributed by atoms with Crippen LogP contribution in [0.15, 0.2) is 42.5 Å². The average Bonchev–Trinajstić information content (AvgIpc) is 2.88. The van der Waals surface area contributed by atoms with Crippen LogP contribution in [-0.4, -0.2) is 13.0 Å². The van der Waals surface area contributed by atoms with E-state index in [0.717, 1.165) is 17.9 Å². The molecule has 1 fully saturated rings. The lowest BCUT2D eigenvalue weighted by Crippen LogP contribution is -2.37.